The second-order valence-electron chi connectivity index (χ2n) is 10.9. The van der Waals surface area contributed by atoms with E-state index in [1.54, 1.807) is 42.5 Å². The smallest absolute Gasteiger partial charge is 0.436 e. The Balaban J connectivity index is 1.77. The minimum Gasteiger partial charge on any atom is -0.436 e. The van der Waals surface area contributed by atoms with Gasteiger partial charge in [-0.1, -0.05) is 36.7 Å². The molecule has 0 fully saturated rings. The van der Waals surface area contributed by atoms with Crippen LogP contribution >= 0.6 is 11.6 Å². The lowest BCUT2D eigenvalue weighted by Gasteiger charge is -2.39. The molecule has 0 radical (unpaired) electrons. The Bertz CT molecular complexity index is 1540. The van der Waals surface area contributed by atoms with Gasteiger partial charge in [-0.25, -0.2) is 4.79 Å². The van der Waals surface area contributed by atoms with Crippen LogP contribution in [0.25, 0.3) is 10.9 Å². The number of nitrogens with zero attached hydrogens (tertiary/aromatic N) is 2. The molecular weight excluding hydrogens is 618 g/mol. The molecule has 2 N–H and O–H groups in total. The quantitative estimate of drug-likeness (QED) is 0.259. The van der Waals surface area contributed by atoms with Gasteiger partial charge in [-0.3, -0.25) is 9.59 Å². The molecule has 0 saturated carbocycles. The van der Waals surface area contributed by atoms with Crippen molar-refractivity contribution in [3.05, 3.63) is 64.8 Å². The Hall–Kier alpha value is -3.78. The van der Waals surface area contributed by atoms with Gasteiger partial charge in [-0.15, -0.1) is 0 Å². The van der Waals surface area contributed by atoms with Crippen LogP contribution in [0.4, 0.5) is 32.0 Å². The highest BCUT2D eigenvalue weighted by molar-refractivity contribution is 6.30. The number of amides is 2. The first-order valence-electron chi connectivity index (χ1n) is 13.4. The van der Waals surface area contributed by atoms with Gasteiger partial charge in [0.15, 0.2) is 0 Å². The molecule has 8 nitrogen and oxygen atoms in total. The second-order valence-corrected chi connectivity index (χ2v) is 11.4. The van der Waals surface area contributed by atoms with Crippen LogP contribution in [0.2, 0.25) is 5.02 Å². The van der Waals surface area contributed by atoms with Crippen molar-refractivity contribution in [2.75, 3.05) is 32.1 Å². The first kappa shape index (κ1) is 33.1. The fourth-order valence-electron chi connectivity index (χ4n) is 5.45. The van der Waals surface area contributed by atoms with Gasteiger partial charge < -0.3 is 24.8 Å². The van der Waals surface area contributed by atoms with E-state index in [9.17, 15) is 40.7 Å². The fraction of sp³-hybridized carbons (Fsp3) is 0.414. The highest BCUT2D eigenvalue weighted by atomic mass is 35.5. The van der Waals surface area contributed by atoms with Crippen molar-refractivity contribution in [2.45, 2.75) is 43.8 Å². The topological polar surface area (TPSA) is 94.7 Å². The number of aromatic nitrogens is 1. The van der Waals surface area contributed by atoms with Crippen LogP contribution in [0.3, 0.4) is 0 Å². The van der Waals surface area contributed by atoms with Crippen molar-refractivity contribution < 1.29 is 45.5 Å². The Morgan fingerprint density at radius 2 is 1.80 bits per heavy atom. The first-order valence-corrected chi connectivity index (χ1v) is 13.8. The average Bonchev–Trinajstić information content (AvgIpc) is 3.35. The highest BCUT2D eigenvalue weighted by Gasteiger charge is 2.53. The lowest BCUT2D eigenvalue weighted by Crippen LogP contribution is -2.58. The number of anilines is 1. The summed E-state index contributed by atoms with van der Waals surface area (Å²) in [5, 5.41) is 2.99. The molecule has 1 aliphatic heterocycles. The van der Waals surface area contributed by atoms with Crippen molar-refractivity contribution in [1.82, 2.24) is 15.2 Å². The third kappa shape index (κ3) is 7.29. The number of carbonyl (C=O) groups is 3. The number of fused-ring (bicyclic) bond motifs is 2. The number of aromatic amines is 1. The SMILES string of the molecule is CC(c1c[nH]c2ccccc12)C(NC(=O)C(OC(=O)C(F)(F)F)C(F)(F)F)C(=O)N1C[C@@H](CN(C)C)Cc2cc(Cl)ccc21. The summed E-state index contributed by atoms with van der Waals surface area (Å²) < 4.78 is 83.4. The van der Waals surface area contributed by atoms with Crippen molar-refractivity contribution in [3.63, 3.8) is 0 Å². The van der Waals surface area contributed by atoms with Crippen molar-refractivity contribution >= 4 is 46.0 Å². The summed E-state index contributed by atoms with van der Waals surface area (Å²) in [6, 6.07) is 9.95. The van der Waals surface area contributed by atoms with E-state index in [4.69, 9.17) is 11.6 Å². The third-order valence-corrected chi connectivity index (χ3v) is 7.57. The normalized spacial score (nSPS) is 17.6. The number of hydrogen-bond acceptors (Lipinski definition) is 5. The van der Waals surface area contributed by atoms with Crippen molar-refractivity contribution in [2.24, 2.45) is 5.92 Å². The monoisotopic (exact) mass is 646 g/mol. The number of esters is 1. The Kier molecular flexibility index (Phi) is 9.54. The van der Waals surface area contributed by atoms with E-state index >= 15 is 0 Å². The molecule has 2 amide bonds. The van der Waals surface area contributed by atoms with E-state index in [-0.39, 0.29) is 12.5 Å². The largest absolute Gasteiger partial charge is 0.490 e. The van der Waals surface area contributed by atoms with E-state index in [0.29, 0.717) is 45.7 Å². The van der Waals surface area contributed by atoms with Gasteiger partial charge in [0.2, 0.25) is 5.91 Å². The van der Waals surface area contributed by atoms with Gasteiger partial charge >= 0.3 is 18.3 Å². The highest BCUT2D eigenvalue weighted by Crippen LogP contribution is 2.36. The summed E-state index contributed by atoms with van der Waals surface area (Å²) in [7, 11) is 3.67. The fourth-order valence-corrected chi connectivity index (χ4v) is 5.65. The van der Waals surface area contributed by atoms with Gasteiger partial charge in [0.25, 0.3) is 12.0 Å². The predicted octanol–water partition coefficient (Wildman–Crippen LogP) is 5.21. The molecule has 15 heteroatoms. The molecule has 1 aromatic heterocycles. The Morgan fingerprint density at radius 3 is 2.43 bits per heavy atom. The van der Waals surface area contributed by atoms with E-state index in [2.05, 4.69) is 9.72 Å². The number of nitrogens with one attached hydrogen (secondary N) is 2. The van der Waals surface area contributed by atoms with E-state index in [0.717, 1.165) is 0 Å². The zero-order valence-corrected chi connectivity index (χ0v) is 24.5. The number of H-pyrrole nitrogens is 1. The maximum absolute atomic E-state index is 14.3. The van der Waals surface area contributed by atoms with Gasteiger partial charge in [0.1, 0.15) is 6.04 Å². The number of rotatable bonds is 8. The molecule has 4 atom stereocenters. The maximum Gasteiger partial charge on any atom is 0.490 e. The number of ether oxygens (including phenoxy) is 1. The summed E-state index contributed by atoms with van der Waals surface area (Å²) in [4.78, 5) is 44.9. The first-order chi connectivity index (χ1) is 20.5. The molecule has 3 aromatic rings. The number of hydrogen-bond donors (Lipinski definition) is 2. The van der Waals surface area contributed by atoms with Crippen LogP contribution in [0.15, 0.2) is 48.7 Å². The van der Waals surface area contributed by atoms with Crippen molar-refractivity contribution in [1.29, 1.82) is 0 Å². The lowest BCUT2D eigenvalue weighted by atomic mass is 9.88. The van der Waals surface area contributed by atoms with Crippen LogP contribution in [-0.2, 0) is 25.5 Å². The minimum absolute atomic E-state index is 0.129. The molecule has 2 aromatic carbocycles. The summed E-state index contributed by atoms with van der Waals surface area (Å²) in [6.45, 7) is 2.16. The van der Waals surface area contributed by atoms with Crippen LogP contribution < -0.4 is 10.2 Å². The van der Waals surface area contributed by atoms with E-state index in [1.165, 1.54) is 18.0 Å². The van der Waals surface area contributed by atoms with Crippen LogP contribution in [0, 0.1) is 5.92 Å². The van der Waals surface area contributed by atoms with E-state index < -0.39 is 48.2 Å². The molecular formula is C29H29ClF6N4O4. The Labute approximate surface area is 253 Å². The van der Waals surface area contributed by atoms with Gasteiger partial charge in [-0.05, 0) is 61.8 Å². The molecule has 0 bridgehead atoms. The molecule has 0 aliphatic carbocycles. The molecule has 4 rings (SSSR count). The maximum atomic E-state index is 14.3. The summed E-state index contributed by atoms with van der Waals surface area (Å²) in [6.07, 6.45) is -13.3. The number of carbonyl (C=O) groups excluding carboxylic acids is 3. The average molecular weight is 647 g/mol. The number of alkyl halides is 6. The van der Waals surface area contributed by atoms with Crippen molar-refractivity contribution in [3.8, 4) is 0 Å². The zero-order valence-electron chi connectivity index (χ0n) is 23.7. The number of para-hydroxylation sites is 1. The second kappa shape index (κ2) is 12.7. The molecule has 238 valence electrons. The summed E-state index contributed by atoms with van der Waals surface area (Å²) in [5.41, 5.74) is 2.22. The molecule has 0 spiro atoms. The van der Waals surface area contributed by atoms with E-state index in [1.807, 2.05) is 24.3 Å². The van der Waals surface area contributed by atoms with Gasteiger partial charge in [0, 0.05) is 46.8 Å². The van der Waals surface area contributed by atoms with Gasteiger partial charge in [0.05, 0.1) is 0 Å². The minimum atomic E-state index is -5.80. The molecule has 44 heavy (non-hydrogen) atoms. The number of halogens is 7. The van der Waals surface area contributed by atoms with Gasteiger partial charge in [-0.2, -0.15) is 26.3 Å². The summed E-state index contributed by atoms with van der Waals surface area (Å²) >= 11 is 6.21. The summed E-state index contributed by atoms with van der Waals surface area (Å²) in [5.74, 6) is -7.27. The van der Waals surface area contributed by atoms with Crippen LogP contribution in [0.1, 0.15) is 24.0 Å². The van der Waals surface area contributed by atoms with Crippen LogP contribution in [0.5, 0.6) is 0 Å². The molecule has 0 saturated heterocycles. The lowest BCUT2D eigenvalue weighted by molar-refractivity contribution is -0.241. The number of benzene rings is 2. The predicted molar refractivity (Wildman–Crippen MR) is 150 cm³/mol. The third-order valence-electron chi connectivity index (χ3n) is 7.34. The zero-order chi connectivity index (χ0) is 32.6. The molecule has 1 aliphatic rings. The Morgan fingerprint density at radius 1 is 1.11 bits per heavy atom. The molecule has 3 unspecified atom stereocenters. The van der Waals surface area contributed by atoms with Crippen LogP contribution in [-0.4, -0.2) is 79.4 Å². The molecule has 2 heterocycles. The standard InChI is InChI=1S/C29H29ClF6N4O4/c1-15(20-12-37-21-7-5-4-6-19(20)21)23(38-25(41)24(28(31,32)33)44-27(43)29(34,35)36)26(42)40-14-16(13-39(2)3)10-17-11-18(30)8-9-22(17)40/h4-9,11-12,15-16,23-24,37H,10,13-14H2,1-3H3,(H,38,41)/t15?,16-,23?,24?/m1/s1.